The van der Waals surface area contributed by atoms with Gasteiger partial charge < -0.3 is 14.2 Å². The highest BCUT2D eigenvalue weighted by Crippen LogP contribution is 2.52. The summed E-state index contributed by atoms with van der Waals surface area (Å²) < 4.78 is 20.8. The van der Waals surface area contributed by atoms with Gasteiger partial charge in [-0.1, -0.05) is 0 Å². The maximum atomic E-state index is 11.2. The van der Waals surface area contributed by atoms with Crippen LogP contribution >= 0.6 is 7.60 Å². The fourth-order valence-electron chi connectivity index (χ4n) is 0.850. The number of aliphatic hydroxyl groups is 1. The van der Waals surface area contributed by atoms with Gasteiger partial charge in [0.15, 0.2) is 0 Å². The summed E-state index contributed by atoms with van der Waals surface area (Å²) >= 11 is 0. The summed E-state index contributed by atoms with van der Waals surface area (Å²) in [5, 5.41) is 8.91. The van der Waals surface area contributed by atoms with Crippen molar-refractivity contribution in [1.29, 1.82) is 0 Å². The predicted molar refractivity (Wildman–Crippen MR) is 36.1 cm³/mol. The second-order valence-corrected chi connectivity index (χ2v) is 4.26. The van der Waals surface area contributed by atoms with Gasteiger partial charge in [-0.3, -0.25) is 4.57 Å². The van der Waals surface area contributed by atoms with E-state index in [-0.39, 0.29) is 12.8 Å². The van der Waals surface area contributed by atoms with E-state index in [1.807, 2.05) is 0 Å². The Bertz CT molecular complexity index is 152. The van der Waals surface area contributed by atoms with E-state index in [0.29, 0.717) is 6.61 Å². The molecule has 0 aliphatic carbocycles. The van der Waals surface area contributed by atoms with Crippen molar-refractivity contribution < 1.29 is 18.7 Å². The lowest BCUT2D eigenvalue weighted by molar-refractivity contribution is 0.150. The van der Waals surface area contributed by atoms with Crippen molar-refractivity contribution in [3.8, 4) is 0 Å². The molecular weight excluding hydrogens is 155 g/mol. The molecule has 5 heteroatoms. The van der Waals surface area contributed by atoms with E-state index >= 15 is 0 Å². The Balaban J connectivity index is 2.47. The first-order valence-corrected chi connectivity index (χ1v) is 4.95. The van der Waals surface area contributed by atoms with Gasteiger partial charge in [-0.2, -0.15) is 0 Å². The fourth-order valence-corrected chi connectivity index (χ4v) is 2.55. The molecule has 0 bridgehead atoms. The molecule has 0 radical (unpaired) electrons. The topological polar surface area (TPSA) is 55.8 Å². The Labute approximate surface area is 59.7 Å². The molecule has 2 atom stereocenters. The van der Waals surface area contributed by atoms with E-state index in [4.69, 9.17) is 14.2 Å². The summed E-state index contributed by atoms with van der Waals surface area (Å²) in [4.78, 5) is 0. The minimum Gasteiger partial charge on any atom is -0.390 e. The third-order valence-corrected chi connectivity index (χ3v) is 3.29. The highest BCUT2D eigenvalue weighted by molar-refractivity contribution is 7.54. The molecule has 0 amide bonds. The van der Waals surface area contributed by atoms with Crippen LogP contribution in [-0.2, 0) is 13.6 Å². The van der Waals surface area contributed by atoms with Gasteiger partial charge in [0.2, 0.25) is 0 Å². The molecule has 1 heterocycles. The summed E-state index contributed by atoms with van der Waals surface area (Å²) in [6.45, 7) is 2.25. The van der Waals surface area contributed by atoms with Crippen LogP contribution in [0.2, 0.25) is 0 Å². The number of hydrogen-bond acceptors (Lipinski definition) is 4. The van der Waals surface area contributed by atoms with Crippen molar-refractivity contribution in [3.63, 3.8) is 0 Å². The predicted octanol–water partition coefficient (Wildman–Crippen LogP) is 0.607. The standard InChI is InChI=1S/C5H11O4P/c1-2-8-10(7)4-5(6)3-9-10/h5-6H,2-4H2,1H3/t5-,10-/m0/s1. The van der Waals surface area contributed by atoms with Crippen molar-refractivity contribution in [2.45, 2.75) is 13.0 Å². The van der Waals surface area contributed by atoms with Crippen molar-refractivity contribution >= 4 is 7.60 Å². The van der Waals surface area contributed by atoms with Gasteiger partial charge in [0.25, 0.3) is 0 Å². The first-order chi connectivity index (χ1) is 4.66. The van der Waals surface area contributed by atoms with Gasteiger partial charge in [0, 0.05) is 0 Å². The molecule has 10 heavy (non-hydrogen) atoms. The molecule has 1 aliphatic rings. The summed E-state index contributed by atoms with van der Waals surface area (Å²) in [5.41, 5.74) is 0. The van der Waals surface area contributed by atoms with Crippen LogP contribution in [0, 0.1) is 0 Å². The highest BCUT2D eigenvalue weighted by atomic mass is 31.2. The van der Waals surface area contributed by atoms with Crippen molar-refractivity contribution in [3.05, 3.63) is 0 Å². The van der Waals surface area contributed by atoms with Crippen molar-refractivity contribution in [2.24, 2.45) is 0 Å². The minimum absolute atomic E-state index is 0.136. The van der Waals surface area contributed by atoms with Crippen LogP contribution in [0.1, 0.15) is 6.92 Å². The second kappa shape index (κ2) is 3.01. The largest absolute Gasteiger partial charge is 0.390 e. The maximum Gasteiger partial charge on any atom is 0.333 e. The van der Waals surface area contributed by atoms with Gasteiger partial charge in [-0.05, 0) is 6.92 Å². The molecule has 1 aliphatic heterocycles. The third kappa shape index (κ3) is 1.80. The molecule has 0 aromatic heterocycles. The first-order valence-electron chi connectivity index (χ1n) is 3.22. The molecule has 1 fully saturated rings. The van der Waals surface area contributed by atoms with Gasteiger partial charge in [0.05, 0.1) is 25.5 Å². The molecule has 0 aromatic rings. The van der Waals surface area contributed by atoms with Gasteiger partial charge in [-0.25, -0.2) is 0 Å². The van der Waals surface area contributed by atoms with Crippen LogP contribution in [0.5, 0.6) is 0 Å². The lowest BCUT2D eigenvalue weighted by atomic mass is 10.5. The van der Waals surface area contributed by atoms with E-state index in [9.17, 15) is 4.57 Å². The summed E-state index contributed by atoms with van der Waals surface area (Å²) in [6.07, 6.45) is -0.474. The molecular formula is C5H11O4P. The van der Waals surface area contributed by atoms with Crippen LogP contribution in [0.4, 0.5) is 0 Å². The maximum absolute atomic E-state index is 11.2. The summed E-state index contributed by atoms with van der Waals surface area (Å²) in [6, 6.07) is 0. The number of rotatable bonds is 2. The van der Waals surface area contributed by atoms with Crippen LogP contribution in [-0.4, -0.2) is 30.6 Å². The Morgan fingerprint density at radius 2 is 2.60 bits per heavy atom. The molecule has 0 spiro atoms. The van der Waals surface area contributed by atoms with E-state index < -0.39 is 13.7 Å². The van der Waals surface area contributed by atoms with Crippen molar-refractivity contribution in [1.82, 2.24) is 0 Å². The fraction of sp³-hybridized carbons (Fsp3) is 1.00. The van der Waals surface area contributed by atoms with Crippen LogP contribution in [0.15, 0.2) is 0 Å². The molecule has 1 rings (SSSR count). The smallest absolute Gasteiger partial charge is 0.333 e. The Morgan fingerprint density at radius 3 is 3.00 bits per heavy atom. The zero-order valence-electron chi connectivity index (χ0n) is 5.82. The molecule has 0 unspecified atom stereocenters. The quantitative estimate of drug-likeness (QED) is 0.610. The van der Waals surface area contributed by atoms with Gasteiger partial charge in [0.1, 0.15) is 0 Å². The van der Waals surface area contributed by atoms with Gasteiger partial charge >= 0.3 is 7.60 Å². The monoisotopic (exact) mass is 166 g/mol. The molecule has 60 valence electrons. The minimum atomic E-state index is -2.88. The number of hydrogen-bond donors (Lipinski definition) is 1. The average molecular weight is 166 g/mol. The normalized spacial score (nSPS) is 40.4. The van der Waals surface area contributed by atoms with Crippen LogP contribution < -0.4 is 0 Å². The van der Waals surface area contributed by atoms with E-state index in [2.05, 4.69) is 0 Å². The summed E-state index contributed by atoms with van der Waals surface area (Å²) in [5.74, 6) is 0. The Kier molecular flexibility index (Phi) is 2.47. The van der Waals surface area contributed by atoms with Crippen molar-refractivity contribution in [2.75, 3.05) is 19.4 Å². The van der Waals surface area contributed by atoms with Crippen LogP contribution in [0.3, 0.4) is 0 Å². The Morgan fingerprint density at radius 1 is 1.90 bits per heavy atom. The molecule has 0 aromatic carbocycles. The third-order valence-electron chi connectivity index (χ3n) is 1.22. The number of aliphatic hydroxyl groups excluding tert-OH is 1. The van der Waals surface area contributed by atoms with E-state index in [1.54, 1.807) is 6.92 Å². The van der Waals surface area contributed by atoms with Gasteiger partial charge in [-0.15, -0.1) is 0 Å². The SMILES string of the molecule is CCO[P@@]1(=O)C[C@@H](O)CO1. The molecule has 1 saturated heterocycles. The van der Waals surface area contributed by atoms with E-state index in [1.165, 1.54) is 0 Å². The molecule has 1 N–H and O–H groups in total. The molecule has 0 saturated carbocycles. The van der Waals surface area contributed by atoms with E-state index in [0.717, 1.165) is 0 Å². The zero-order chi connectivity index (χ0) is 7.61. The Hall–Kier alpha value is 0.110. The lowest BCUT2D eigenvalue weighted by Crippen LogP contribution is -2.07. The summed E-state index contributed by atoms with van der Waals surface area (Å²) in [7, 11) is -2.88. The average Bonchev–Trinajstić information content (AvgIpc) is 2.12. The molecule has 4 nitrogen and oxygen atoms in total. The lowest BCUT2D eigenvalue weighted by Gasteiger charge is -2.07. The second-order valence-electron chi connectivity index (χ2n) is 2.16. The zero-order valence-corrected chi connectivity index (χ0v) is 6.71. The van der Waals surface area contributed by atoms with Crippen LogP contribution in [0.25, 0.3) is 0 Å². The first kappa shape index (κ1) is 8.21. The highest BCUT2D eigenvalue weighted by Gasteiger charge is 2.35.